The Kier molecular flexibility index (Phi) is 4.47. The minimum Gasteiger partial charge on any atom is -0.467 e. The molecule has 122 valence electrons. The van der Waals surface area contributed by atoms with Crippen molar-refractivity contribution in [3.63, 3.8) is 0 Å². The minimum atomic E-state index is -0.722. The smallest absolute Gasteiger partial charge is 0.328 e. The maximum absolute atomic E-state index is 12.9. The van der Waals surface area contributed by atoms with Crippen molar-refractivity contribution in [3.8, 4) is 11.1 Å². The van der Waals surface area contributed by atoms with Crippen LogP contribution in [0.1, 0.15) is 23.5 Å². The first-order chi connectivity index (χ1) is 11.7. The number of amides is 1. The van der Waals surface area contributed by atoms with Crippen LogP contribution in [-0.4, -0.2) is 25.0 Å². The Morgan fingerprint density at radius 3 is 2.17 bits per heavy atom. The maximum atomic E-state index is 12.9. The van der Waals surface area contributed by atoms with Gasteiger partial charge in [-0.3, -0.25) is 4.79 Å². The Labute approximate surface area is 141 Å². The lowest BCUT2D eigenvalue weighted by Crippen LogP contribution is -2.43. The number of esters is 1. The van der Waals surface area contributed by atoms with Gasteiger partial charge in [0.15, 0.2) is 0 Å². The van der Waals surface area contributed by atoms with Gasteiger partial charge in [-0.1, -0.05) is 54.6 Å². The summed E-state index contributed by atoms with van der Waals surface area (Å²) < 4.78 is 4.77. The maximum Gasteiger partial charge on any atom is 0.328 e. The van der Waals surface area contributed by atoms with E-state index in [0.717, 1.165) is 22.3 Å². The first-order valence-corrected chi connectivity index (χ1v) is 7.84. The molecule has 0 radical (unpaired) electrons. The van der Waals surface area contributed by atoms with Crippen molar-refractivity contribution >= 4 is 11.9 Å². The van der Waals surface area contributed by atoms with Gasteiger partial charge in [0, 0.05) is 0 Å². The van der Waals surface area contributed by atoms with Crippen molar-refractivity contribution in [1.29, 1.82) is 0 Å². The average molecular weight is 321 g/mol. The summed E-state index contributed by atoms with van der Waals surface area (Å²) in [7, 11) is 1.31. The number of nitrogens with one attached hydrogen (secondary N) is 1. The molecule has 0 aromatic heterocycles. The topological polar surface area (TPSA) is 55.4 Å². The Morgan fingerprint density at radius 2 is 1.67 bits per heavy atom. The fraction of sp³-hybridized carbons (Fsp3) is 0.200. The second kappa shape index (κ2) is 6.71. The van der Waals surface area contributed by atoms with Crippen LogP contribution in [0.3, 0.4) is 0 Å². The van der Waals surface area contributed by atoms with E-state index < -0.39 is 17.9 Å². The van der Waals surface area contributed by atoms with Crippen LogP contribution in [0.4, 0.5) is 0 Å². The van der Waals surface area contributed by atoms with Gasteiger partial charge in [-0.25, -0.2) is 4.79 Å². The molecule has 1 N–H and O–H groups in total. The second-order valence-electron chi connectivity index (χ2n) is 5.72. The molecular weight excluding hydrogens is 302 g/mol. The third-order valence-corrected chi connectivity index (χ3v) is 4.30. The van der Waals surface area contributed by atoms with E-state index in [0.29, 0.717) is 6.42 Å². The summed E-state index contributed by atoms with van der Waals surface area (Å²) in [6.07, 6.45) is 1.92. The highest BCUT2D eigenvalue weighted by atomic mass is 16.5. The van der Waals surface area contributed by atoms with E-state index in [1.165, 1.54) is 7.11 Å². The highest BCUT2D eigenvalue weighted by Gasteiger charge is 2.35. The number of benzene rings is 2. The van der Waals surface area contributed by atoms with Crippen molar-refractivity contribution in [2.75, 3.05) is 7.11 Å². The number of carbonyl (C=O) groups excluding carboxylic acids is 2. The lowest BCUT2D eigenvalue weighted by Gasteiger charge is -2.19. The van der Waals surface area contributed by atoms with Crippen LogP contribution < -0.4 is 5.32 Å². The van der Waals surface area contributed by atoms with Crippen molar-refractivity contribution in [1.82, 2.24) is 5.32 Å². The number of ether oxygens (including phenoxy) is 1. The van der Waals surface area contributed by atoms with Crippen molar-refractivity contribution < 1.29 is 14.3 Å². The predicted octanol–water partition coefficient (Wildman–Crippen LogP) is 3.03. The highest BCUT2D eigenvalue weighted by molar-refractivity contribution is 5.97. The zero-order valence-electron chi connectivity index (χ0n) is 13.5. The van der Waals surface area contributed by atoms with Crippen LogP contribution in [0.25, 0.3) is 11.1 Å². The molecule has 0 aliphatic heterocycles. The van der Waals surface area contributed by atoms with E-state index in [2.05, 4.69) is 11.9 Å². The minimum absolute atomic E-state index is 0.204. The number of fused-ring (bicyclic) bond motifs is 3. The Balaban J connectivity index is 1.95. The van der Waals surface area contributed by atoms with E-state index in [-0.39, 0.29) is 5.91 Å². The third-order valence-electron chi connectivity index (χ3n) is 4.30. The standard InChI is InChI=1S/C20H19NO3/c1-3-8-17(20(23)24-2)21-19(22)18-15-11-6-4-9-13(15)14-10-5-7-12-16(14)18/h3-7,9-12,17-18H,1,8H2,2H3,(H,21,22)/t17-/m1/s1. The molecule has 4 nitrogen and oxygen atoms in total. The molecule has 1 aliphatic rings. The number of hydrogen-bond donors (Lipinski definition) is 1. The molecule has 3 rings (SSSR count). The van der Waals surface area contributed by atoms with Crippen LogP contribution in [0.2, 0.25) is 0 Å². The van der Waals surface area contributed by atoms with Gasteiger partial charge < -0.3 is 10.1 Å². The van der Waals surface area contributed by atoms with Crippen molar-refractivity contribution in [2.24, 2.45) is 0 Å². The first kappa shape index (κ1) is 16.0. The van der Waals surface area contributed by atoms with Crippen LogP contribution in [0, 0.1) is 0 Å². The Hall–Kier alpha value is -2.88. The molecule has 2 aromatic rings. The van der Waals surface area contributed by atoms with E-state index in [9.17, 15) is 9.59 Å². The summed E-state index contributed by atoms with van der Waals surface area (Å²) in [4.78, 5) is 24.8. The normalized spacial score (nSPS) is 13.5. The molecule has 1 atom stereocenters. The van der Waals surface area contributed by atoms with Gasteiger partial charge in [-0.2, -0.15) is 0 Å². The largest absolute Gasteiger partial charge is 0.467 e. The summed E-state index contributed by atoms with van der Waals surface area (Å²) in [6, 6.07) is 15.0. The first-order valence-electron chi connectivity index (χ1n) is 7.84. The van der Waals surface area contributed by atoms with Crippen molar-refractivity contribution in [3.05, 3.63) is 72.3 Å². The predicted molar refractivity (Wildman–Crippen MR) is 92.5 cm³/mol. The molecule has 1 amide bonds. The molecule has 0 heterocycles. The van der Waals surface area contributed by atoms with E-state index in [4.69, 9.17) is 4.74 Å². The SMILES string of the molecule is C=CC[C@@H](NC(=O)C1c2ccccc2-c2ccccc21)C(=O)OC. The van der Waals surface area contributed by atoms with Crippen LogP contribution in [0.15, 0.2) is 61.2 Å². The molecule has 0 unspecified atom stereocenters. The Bertz CT molecular complexity index is 751. The quantitative estimate of drug-likeness (QED) is 0.680. The van der Waals surface area contributed by atoms with Gasteiger partial charge in [0.1, 0.15) is 6.04 Å². The molecule has 24 heavy (non-hydrogen) atoms. The fourth-order valence-corrected chi connectivity index (χ4v) is 3.22. The fourth-order valence-electron chi connectivity index (χ4n) is 3.22. The number of methoxy groups -OCH3 is 1. The van der Waals surface area contributed by atoms with E-state index in [1.807, 2.05) is 48.5 Å². The Morgan fingerprint density at radius 1 is 1.12 bits per heavy atom. The molecule has 4 heteroatoms. The lowest BCUT2D eigenvalue weighted by molar-refractivity contribution is -0.145. The van der Waals surface area contributed by atoms with Gasteiger partial charge in [0.25, 0.3) is 0 Å². The number of rotatable bonds is 5. The van der Waals surface area contributed by atoms with Gasteiger partial charge in [-0.05, 0) is 28.7 Å². The van der Waals surface area contributed by atoms with E-state index >= 15 is 0 Å². The molecule has 0 saturated carbocycles. The summed E-state index contributed by atoms with van der Waals surface area (Å²) in [5.74, 6) is -1.10. The summed E-state index contributed by atoms with van der Waals surface area (Å²) >= 11 is 0. The molecule has 0 spiro atoms. The average Bonchev–Trinajstić information content (AvgIpc) is 2.95. The van der Waals surface area contributed by atoms with Crippen molar-refractivity contribution in [2.45, 2.75) is 18.4 Å². The van der Waals surface area contributed by atoms with E-state index in [1.54, 1.807) is 6.08 Å². The monoisotopic (exact) mass is 321 g/mol. The van der Waals surface area contributed by atoms with Gasteiger partial charge >= 0.3 is 5.97 Å². The molecule has 2 aromatic carbocycles. The highest BCUT2D eigenvalue weighted by Crippen LogP contribution is 2.44. The summed E-state index contributed by atoms with van der Waals surface area (Å²) in [5.41, 5.74) is 4.04. The van der Waals surface area contributed by atoms with Crippen LogP contribution in [-0.2, 0) is 14.3 Å². The number of hydrogen-bond acceptors (Lipinski definition) is 3. The van der Waals surface area contributed by atoms with Gasteiger partial charge in [-0.15, -0.1) is 6.58 Å². The third kappa shape index (κ3) is 2.71. The zero-order chi connectivity index (χ0) is 17.1. The lowest BCUT2D eigenvalue weighted by atomic mass is 9.95. The molecule has 0 saturated heterocycles. The van der Waals surface area contributed by atoms with Crippen LogP contribution in [0.5, 0.6) is 0 Å². The van der Waals surface area contributed by atoms with Crippen LogP contribution >= 0.6 is 0 Å². The summed E-state index contributed by atoms with van der Waals surface area (Å²) in [6.45, 7) is 3.63. The van der Waals surface area contributed by atoms with Gasteiger partial charge in [0.05, 0.1) is 13.0 Å². The molecular formula is C20H19NO3. The molecule has 0 fully saturated rings. The van der Waals surface area contributed by atoms with Gasteiger partial charge in [0.2, 0.25) is 5.91 Å². The second-order valence-corrected chi connectivity index (χ2v) is 5.72. The molecule has 1 aliphatic carbocycles. The zero-order valence-corrected chi connectivity index (χ0v) is 13.5. The summed E-state index contributed by atoms with van der Waals surface area (Å²) in [5, 5.41) is 2.81. The number of carbonyl (C=O) groups is 2. The molecule has 0 bridgehead atoms.